The lowest BCUT2D eigenvalue weighted by molar-refractivity contribution is -0.146. The van der Waals surface area contributed by atoms with E-state index in [9.17, 15) is 23.1 Å². The number of benzene rings is 1. The first-order valence-electron chi connectivity index (χ1n) is 8.70. The zero-order chi connectivity index (χ0) is 18.1. The van der Waals surface area contributed by atoms with Crippen LogP contribution in [0.5, 0.6) is 0 Å². The van der Waals surface area contributed by atoms with Crippen LogP contribution in [-0.4, -0.2) is 42.2 Å². The summed E-state index contributed by atoms with van der Waals surface area (Å²) in [6, 6.07) is 4.22. The fourth-order valence-corrected chi connectivity index (χ4v) is 4.05. The number of nitrogens with one attached hydrogen (secondary N) is 1. The number of carboxylic acids is 1. The molecule has 0 radical (unpaired) electrons. The van der Waals surface area contributed by atoms with E-state index in [4.69, 9.17) is 0 Å². The molecule has 1 aromatic carbocycles. The summed E-state index contributed by atoms with van der Waals surface area (Å²) in [7, 11) is 0. The summed E-state index contributed by atoms with van der Waals surface area (Å²) in [6.07, 6.45) is -2.73. The Balaban J connectivity index is 1.97. The van der Waals surface area contributed by atoms with Gasteiger partial charge in [0.1, 0.15) is 0 Å². The van der Waals surface area contributed by atoms with E-state index in [0.29, 0.717) is 24.9 Å². The van der Waals surface area contributed by atoms with Gasteiger partial charge in [-0.3, -0.25) is 9.69 Å². The van der Waals surface area contributed by atoms with Gasteiger partial charge in [-0.15, -0.1) is 0 Å². The fraction of sp³-hybridized carbons (Fsp3) is 0.611. The average Bonchev–Trinajstić information content (AvgIpc) is 3.06. The minimum Gasteiger partial charge on any atom is -0.481 e. The molecule has 0 atom stereocenters. The maximum atomic E-state index is 13.7. The highest BCUT2D eigenvalue weighted by Crippen LogP contribution is 2.46. The van der Waals surface area contributed by atoms with E-state index in [2.05, 4.69) is 10.2 Å². The Hall–Kier alpha value is -1.60. The van der Waals surface area contributed by atoms with E-state index in [1.54, 1.807) is 6.07 Å². The van der Waals surface area contributed by atoms with Gasteiger partial charge in [-0.05, 0) is 30.0 Å². The fourth-order valence-electron chi connectivity index (χ4n) is 4.05. The second-order valence-corrected chi connectivity index (χ2v) is 7.00. The summed E-state index contributed by atoms with van der Waals surface area (Å²) in [5.74, 6) is -1.15. The van der Waals surface area contributed by atoms with E-state index in [0.717, 1.165) is 32.2 Å². The Morgan fingerprint density at radius 2 is 1.84 bits per heavy atom. The van der Waals surface area contributed by atoms with Crippen molar-refractivity contribution in [1.29, 1.82) is 0 Å². The molecule has 25 heavy (non-hydrogen) atoms. The largest absolute Gasteiger partial charge is 0.481 e. The van der Waals surface area contributed by atoms with Crippen molar-refractivity contribution >= 4 is 5.97 Å². The number of hydrogen-bond donors (Lipinski definition) is 2. The maximum Gasteiger partial charge on any atom is 0.416 e. The van der Waals surface area contributed by atoms with Crippen LogP contribution >= 0.6 is 0 Å². The van der Waals surface area contributed by atoms with Gasteiger partial charge in [-0.2, -0.15) is 13.2 Å². The van der Waals surface area contributed by atoms with Gasteiger partial charge in [0, 0.05) is 32.7 Å². The van der Waals surface area contributed by atoms with Gasteiger partial charge >= 0.3 is 12.1 Å². The van der Waals surface area contributed by atoms with Crippen molar-refractivity contribution in [2.75, 3.05) is 26.2 Å². The van der Waals surface area contributed by atoms with Gasteiger partial charge in [0.05, 0.1) is 11.0 Å². The van der Waals surface area contributed by atoms with Crippen molar-refractivity contribution in [3.63, 3.8) is 0 Å². The van der Waals surface area contributed by atoms with Crippen molar-refractivity contribution in [1.82, 2.24) is 10.2 Å². The average molecular weight is 356 g/mol. The second-order valence-electron chi connectivity index (χ2n) is 7.00. The molecule has 0 aromatic heterocycles. The smallest absolute Gasteiger partial charge is 0.416 e. The van der Waals surface area contributed by atoms with Gasteiger partial charge in [0.2, 0.25) is 0 Å². The first-order valence-corrected chi connectivity index (χ1v) is 8.70. The van der Waals surface area contributed by atoms with Crippen molar-refractivity contribution in [3.8, 4) is 0 Å². The zero-order valence-electron chi connectivity index (χ0n) is 14.0. The standard InChI is InChI=1S/C18H23F3N2O2/c19-18(20,21)15-11-13(12-23-9-7-22-8-10-23)3-4-14(15)17(16(24)25)5-1-2-6-17/h3-4,11,22H,1-2,5-10,12H2,(H,24,25). The Morgan fingerprint density at radius 3 is 2.40 bits per heavy atom. The van der Waals surface area contributed by atoms with Crippen molar-refractivity contribution in [3.05, 3.63) is 34.9 Å². The van der Waals surface area contributed by atoms with Crippen LogP contribution in [0.1, 0.15) is 42.4 Å². The molecule has 0 amide bonds. The highest BCUT2D eigenvalue weighted by molar-refractivity contribution is 5.82. The van der Waals surface area contributed by atoms with Gasteiger partial charge in [0.15, 0.2) is 0 Å². The van der Waals surface area contributed by atoms with Gasteiger partial charge in [0.25, 0.3) is 0 Å². The second kappa shape index (κ2) is 6.96. The third-order valence-corrected chi connectivity index (χ3v) is 5.39. The van der Waals surface area contributed by atoms with E-state index >= 15 is 0 Å². The molecule has 2 N–H and O–H groups in total. The van der Waals surface area contributed by atoms with Crippen LogP contribution in [0, 0.1) is 0 Å². The maximum absolute atomic E-state index is 13.7. The third-order valence-electron chi connectivity index (χ3n) is 5.39. The van der Waals surface area contributed by atoms with E-state index in [1.807, 2.05) is 0 Å². The van der Waals surface area contributed by atoms with Gasteiger partial charge in [-0.25, -0.2) is 0 Å². The molecule has 138 valence electrons. The highest BCUT2D eigenvalue weighted by atomic mass is 19.4. The molecule has 0 spiro atoms. The number of aliphatic carboxylic acids is 1. The Labute approximate surface area is 145 Å². The molecule has 1 aromatic rings. The van der Waals surface area contributed by atoms with Crippen molar-refractivity contribution in [2.45, 2.75) is 43.8 Å². The van der Waals surface area contributed by atoms with Crippen LogP contribution in [0.4, 0.5) is 13.2 Å². The number of hydrogen-bond acceptors (Lipinski definition) is 3. The van der Waals surface area contributed by atoms with Crippen molar-refractivity contribution in [2.24, 2.45) is 0 Å². The van der Waals surface area contributed by atoms with Crippen molar-refractivity contribution < 1.29 is 23.1 Å². The lowest BCUT2D eigenvalue weighted by Crippen LogP contribution is -2.43. The van der Waals surface area contributed by atoms with Crippen LogP contribution in [0.15, 0.2) is 18.2 Å². The Kier molecular flexibility index (Phi) is 5.06. The van der Waals surface area contributed by atoms with E-state index in [1.165, 1.54) is 6.07 Å². The number of carboxylic acid groups (broad SMARTS) is 1. The van der Waals surface area contributed by atoms with Gasteiger partial charge in [-0.1, -0.05) is 25.0 Å². The summed E-state index contributed by atoms with van der Waals surface area (Å²) < 4.78 is 41.0. The number of rotatable bonds is 4. The number of halogens is 3. The van der Waals surface area contributed by atoms with Gasteiger partial charge < -0.3 is 10.4 Å². The predicted molar refractivity (Wildman–Crippen MR) is 87.4 cm³/mol. The molecule has 1 saturated carbocycles. The number of piperazine rings is 1. The van der Waals surface area contributed by atoms with Crippen LogP contribution in [0.2, 0.25) is 0 Å². The summed E-state index contributed by atoms with van der Waals surface area (Å²) in [5, 5.41) is 12.9. The molecule has 7 heteroatoms. The molecule has 2 aliphatic rings. The quantitative estimate of drug-likeness (QED) is 0.871. The third kappa shape index (κ3) is 3.67. The zero-order valence-corrected chi connectivity index (χ0v) is 14.0. The first-order chi connectivity index (χ1) is 11.8. The molecular formula is C18H23F3N2O2. The summed E-state index contributed by atoms with van der Waals surface area (Å²) >= 11 is 0. The van der Waals surface area contributed by atoms with E-state index < -0.39 is 23.1 Å². The molecule has 1 aliphatic carbocycles. The Morgan fingerprint density at radius 1 is 1.20 bits per heavy atom. The lowest BCUT2D eigenvalue weighted by atomic mass is 9.76. The highest BCUT2D eigenvalue weighted by Gasteiger charge is 2.48. The molecule has 1 saturated heterocycles. The number of carbonyl (C=O) groups is 1. The molecule has 2 fully saturated rings. The van der Waals surface area contributed by atoms with Crippen LogP contribution < -0.4 is 5.32 Å². The van der Waals surface area contributed by atoms with Crippen LogP contribution in [0.3, 0.4) is 0 Å². The topological polar surface area (TPSA) is 52.6 Å². The predicted octanol–water partition coefficient (Wildman–Crippen LogP) is 3.01. The summed E-state index contributed by atoms with van der Waals surface area (Å²) in [5.41, 5.74) is -1.69. The van der Waals surface area contributed by atoms with Crippen LogP contribution in [-0.2, 0) is 22.9 Å². The minimum absolute atomic E-state index is 0.0749. The molecule has 1 aliphatic heterocycles. The first kappa shape index (κ1) is 18.2. The lowest BCUT2D eigenvalue weighted by Gasteiger charge is -2.30. The SMILES string of the molecule is O=C(O)C1(c2ccc(CN3CCNCC3)cc2C(F)(F)F)CCCC1. The number of alkyl halides is 3. The molecular weight excluding hydrogens is 333 g/mol. The molecule has 4 nitrogen and oxygen atoms in total. The Bertz CT molecular complexity index is 634. The monoisotopic (exact) mass is 356 g/mol. The molecule has 3 rings (SSSR count). The van der Waals surface area contributed by atoms with Crippen LogP contribution in [0.25, 0.3) is 0 Å². The normalized spacial score (nSPS) is 21.4. The molecule has 0 bridgehead atoms. The van der Waals surface area contributed by atoms with E-state index in [-0.39, 0.29) is 18.4 Å². The minimum atomic E-state index is -4.56. The number of nitrogens with zero attached hydrogens (tertiary/aromatic N) is 1. The summed E-state index contributed by atoms with van der Waals surface area (Å²) in [4.78, 5) is 13.9. The molecule has 1 heterocycles. The molecule has 0 unspecified atom stereocenters. The summed E-state index contributed by atoms with van der Waals surface area (Å²) in [6.45, 7) is 3.69.